The van der Waals surface area contributed by atoms with Crippen LogP contribution in [0.1, 0.15) is 38.2 Å². The van der Waals surface area contributed by atoms with Gasteiger partial charge in [0.15, 0.2) is 0 Å². The lowest BCUT2D eigenvalue weighted by Gasteiger charge is -2.37. The summed E-state index contributed by atoms with van der Waals surface area (Å²) >= 11 is 0. The molecule has 0 aromatic heterocycles. The lowest BCUT2D eigenvalue weighted by Crippen LogP contribution is -2.51. The van der Waals surface area contributed by atoms with Gasteiger partial charge in [-0.05, 0) is 51.7 Å². The van der Waals surface area contributed by atoms with Gasteiger partial charge in [-0.2, -0.15) is 0 Å². The molecule has 0 aliphatic carbocycles. The van der Waals surface area contributed by atoms with Crippen LogP contribution in [0.5, 0.6) is 0 Å². The number of hydrogen-bond acceptors (Lipinski definition) is 2. The van der Waals surface area contributed by atoms with E-state index in [0.29, 0.717) is 18.1 Å². The molecule has 2 bridgehead atoms. The van der Waals surface area contributed by atoms with Crippen molar-refractivity contribution in [1.29, 1.82) is 0 Å². The number of hydrogen-bond donors (Lipinski definition) is 2. The minimum atomic E-state index is 0.0349. The number of amides is 2. The maximum atomic E-state index is 12.6. The van der Waals surface area contributed by atoms with Crippen molar-refractivity contribution < 1.29 is 4.79 Å². The molecule has 2 unspecified atom stereocenters. The summed E-state index contributed by atoms with van der Waals surface area (Å²) in [4.78, 5) is 14.6. The number of nitrogens with one attached hydrogen (secondary N) is 2. The molecule has 0 spiro atoms. The van der Waals surface area contributed by atoms with Crippen molar-refractivity contribution in [3.63, 3.8) is 0 Å². The molecular weight excluding hydrogens is 262 g/mol. The van der Waals surface area contributed by atoms with Crippen LogP contribution in [-0.4, -0.2) is 35.6 Å². The summed E-state index contributed by atoms with van der Waals surface area (Å²) in [7, 11) is 0. The molecule has 2 aliphatic heterocycles. The van der Waals surface area contributed by atoms with Gasteiger partial charge in [0.2, 0.25) is 0 Å². The Morgan fingerprint density at radius 3 is 2.43 bits per heavy atom. The second-order valence-electron chi connectivity index (χ2n) is 6.35. The third-order valence-corrected chi connectivity index (χ3v) is 4.79. The van der Waals surface area contributed by atoms with Crippen LogP contribution in [0, 0.1) is 6.92 Å². The zero-order valence-electron chi connectivity index (χ0n) is 12.9. The first-order chi connectivity index (χ1) is 10.2. The molecule has 1 aromatic carbocycles. The van der Waals surface area contributed by atoms with Crippen LogP contribution in [-0.2, 0) is 0 Å². The third kappa shape index (κ3) is 3.21. The number of piperidine rings is 1. The highest BCUT2D eigenvalue weighted by atomic mass is 16.2. The van der Waals surface area contributed by atoms with Crippen LogP contribution < -0.4 is 10.6 Å². The van der Waals surface area contributed by atoms with Crippen molar-refractivity contribution >= 4 is 11.7 Å². The van der Waals surface area contributed by atoms with Crippen LogP contribution in [0.2, 0.25) is 0 Å². The van der Waals surface area contributed by atoms with Gasteiger partial charge >= 0.3 is 6.03 Å². The predicted octanol–water partition coefficient (Wildman–Crippen LogP) is 3.13. The van der Waals surface area contributed by atoms with Crippen LogP contribution in [0.4, 0.5) is 10.5 Å². The van der Waals surface area contributed by atoms with Crippen LogP contribution in [0.3, 0.4) is 0 Å². The van der Waals surface area contributed by atoms with Gasteiger partial charge in [-0.1, -0.05) is 17.7 Å². The summed E-state index contributed by atoms with van der Waals surface area (Å²) in [5, 5.41) is 6.67. The zero-order valence-corrected chi connectivity index (χ0v) is 12.9. The molecule has 114 valence electrons. The molecule has 2 heterocycles. The summed E-state index contributed by atoms with van der Waals surface area (Å²) in [6.07, 6.45) is 4.70. The lowest BCUT2D eigenvalue weighted by atomic mass is 9.98. The molecule has 1 aromatic rings. The van der Waals surface area contributed by atoms with E-state index >= 15 is 0 Å². The third-order valence-electron chi connectivity index (χ3n) is 4.79. The highest BCUT2D eigenvalue weighted by Crippen LogP contribution is 2.30. The average Bonchev–Trinajstić information content (AvgIpc) is 2.81. The van der Waals surface area contributed by atoms with Crippen LogP contribution in [0.25, 0.3) is 0 Å². The minimum Gasteiger partial charge on any atom is -0.322 e. The average molecular weight is 287 g/mol. The largest absolute Gasteiger partial charge is 0.322 e. The predicted molar refractivity (Wildman–Crippen MR) is 85.5 cm³/mol. The van der Waals surface area contributed by atoms with Crippen molar-refractivity contribution in [2.75, 3.05) is 11.9 Å². The van der Waals surface area contributed by atoms with Crippen LogP contribution in [0.15, 0.2) is 24.3 Å². The fourth-order valence-electron chi connectivity index (χ4n) is 3.68. The topological polar surface area (TPSA) is 44.4 Å². The summed E-state index contributed by atoms with van der Waals surface area (Å²) in [5.74, 6) is 0. The number of nitrogens with zero attached hydrogens (tertiary/aromatic N) is 1. The van der Waals surface area contributed by atoms with E-state index in [0.717, 1.165) is 25.1 Å². The van der Waals surface area contributed by atoms with Gasteiger partial charge in [0.1, 0.15) is 0 Å². The Labute approximate surface area is 126 Å². The first-order valence-electron chi connectivity index (χ1n) is 8.06. The fourth-order valence-corrected chi connectivity index (χ4v) is 3.68. The monoisotopic (exact) mass is 287 g/mol. The number of aryl methyl sites for hydroxylation is 1. The Morgan fingerprint density at radius 1 is 1.24 bits per heavy atom. The number of fused-ring (bicyclic) bond motifs is 2. The lowest BCUT2D eigenvalue weighted by molar-refractivity contribution is 0.162. The van der Waals surface area contributed by atoms with Crippen LogP contribution >= 0.6 is 0 Å². The number of carbonyl (C=O) groups excluding carboxylic acids is 1. The van der Waals surface area contributed by atoms with Crippen molar-refractivity contribution in [2.24, 2.45) is 0 Å². The standard InChI is InChI=1S/C17H25N3O/c1-3-20(16-10-14-8-9-15(11-16)18-14)17(21)19-13-6-4-12(2)5-7-13/h4-7,14-16,18H,3,8-11H2,1-2H3,(H,19,21). The molecule has 2 aliphatic rings. The molecule has 3 rings (SSSR count). The first-order valence-corrected chi connectivity index (χ1v) is 8.06. The summed E-state index contributed by atoms with van der Waals surface area (Å²) < 4.78 is 0. The van der Waals surface area contributed by atoms with Crippen molar-refractivity contribution in [1.82, 2.24) is 10.2 Å². The number of urea groups is 1. The van der Waals surface area contributed by atoms with Crippen molar-refractivity contribution in [3.8, 4) is 0 Å². The molecule has 21 heavy (non-hydrogen) atoms. The Balaban J connectivity index is 1.65. The number of carbonyl (C=O) groups is 1. The van der Waals surface area contributed by atoms with Gasteiger partial charge in [0, 0.05) is 30.4 Å². The van der Waals surface area contributed by atoms with Gasteiger partial charge in [-0.3, -0.25) is 0 Å². The van der Waals surface area contributed by atoms with E-state index in [1.807, 2.05) is 29.2 Å². The molecule has 2 N–H and O–H groups in total. The van der Waals surface area contributed by atoms with E-state index < -0.39 is 0 Å². The summed E-state index contributed by atoms with van der Waals surface area (Å²) in [6, 6.07) is 9.60. The molecular formula is C17H25N3O. The SMILES string of the molecule is CCN(C(=O)Nc1ccc(C)cc1)C1CC2CCC(C1)N2. The van der Waals surface area contributed by atoms with E-state index in [1.165, 1.54) is 18.4 Å². The Bertz CT molecular complexity index is 487. The van der Waals surface area contributed by atoms with E-state index in [9.17, 15) is 4.79 Å². The summed E-state index contributed by atoms with van der Waals surface area (Å²) in [5.41, 5.74) is 2.08. The highest BCUT2D eigenvalue weighted by Gasteiger charge is 2.37. The molecule has 0 saturated carbocycles. The molecule has 2 atom stereocenters. The van der Waals surface area contributed by atoms with Gasteiger partial charge < -0.3 is 15.5 Å². The quantitative estimate of drug-likeness (QED) is 0.897. The van der Waals surface area contributed by atoms with Gasteiger partial charge in [0.25, 0.3) is 0 Å². The Hall–Kier alpha value is -1.55. The van der Waals surface area contributed by atoms with E-state index in [1.54, 1.807) is 0 Å². The maximum Gasteiger partial charge on any atom is 0.322 e. The van der Waals surface area contributed by atoms with E-state index in [2.05, 4.69) is 24.5 Å². The fraction of sp³-hybridized carbons (Fsp3) is 0.588. The Morgan fingerprint density at radius 2 is 1.86 bits per heavy atom. The van der Waals surface area contributed by atoms with Crippen molar-refractivity contribution in [3.05, 3.63) is 29.8 Å². The molecule has 4 heteroatoms. The molecule has 0 radical (unpaired) electrons. The van der Waals surface area contributed by atoms with Crippen molar-refractivity contribution in [2.45, 2.75) is 57.7 Å². The second kappa shape index (κ2) is 6.06. The Kier molecular flexibility index (Phi) is 4.15. The molecule has 4 nitrogen and oxygen atoms in total. The number of rotatable bonds is 3. The summed E-state index contributed by atoms with van der Waals surface area (Å²) in [6.45, 7) is 4.88. The smallest absolute Gasteiger partial charge is 0.322 e. The van der Waals surface area contributed by atoms with Gasteiger partial charge in [-0.25, -0.2) is 4.79 Å². The number of anilines is 1. The second-order valence-corrected chi connectivity index (χ2v) is 6.35. The normalized spacial score (nSPS) is 27.4. The number of benzene rings is 1. The van der Waals surface area contributed by atoms with Gasteiger partial charge in [-0.15, -0.1) is 0 Å². The first kappa shape index (κ1) is 14.4. The molecule has 2 saturated heterocycles. The van der Waals surface area contributed by atoms with E-state index in [4.69, 9.17) is 0 Å². The molecule has 2 amide bonds. The highest BCUT2D eigenvalue weighted by molar-refractivity contribution is 5.89. The van der Waals surface area contributed by atoms with E-state index in [-0.39, 0.29) is 6.03 Å². The maximum absolute atomic E-state index is 12.6. The minimum absolute atomic E-state index is 0.0349. The van der Waals surface area contributed by atoms with Gasteiger partial charge in [0.05, 0.1) is 0 Å². The molecule has 2 fully saturated rings. The zero-order chi connectivity index (χ0) is 14.8.